The molecule has 1 aromatic rings. The molecule has 0 bridgehead atoms. The lowest BCUT2D eigenvalue weighted by Gasteiger charge is -2.22. The topological polar surface area (TPSA) is 43.8 Å². The van der Waals surface area contributed by atoms with Crippen LogP contribution in [0.1, 0.15) is 32.4 Å². The van der Waals surface area contributed by atoms with Gasteiger partial charge in [0.25, 0.3) is 0 Å². The molecule has 90 valence electrons. The molecule has 0 unspecified atom stereocenters. The van der Waals surface area contributed by atoms with Crippen molar-refractivity contribution in [2.45, 2.75) is 40.2 Å². The number of aryl methyl sites for hydroxylation is 2. The molecule has 0 amide bonds. The van der Waals surface area contributed by atoms with Crippen LogP contribution in [-0.2, 0) is 6.54 Å². The molecular formula is C11H18ClN3S. The smallest absolute Gasteiger partial charge is 0.0814 e. The lowest BCUT2D eigenvalue weighted by Crippen LogP contribution is -2.29. The molecular weight excluding hydrogens is 242 g/mol. The highest BCUT2D eigenvalue weighted by Gasteiger charge is 2.20. The number of nitrogens with two attached hydrogens (primary N) is 1. The summed E-state index contributed by atoms with van der Waals surface area (Å²) in [5, 5.41) is 5.01. The third kappa shape index (κ3) is 3.46. The molecule has 1 rings (SSSR count). The zero-order valence-corrected chi connectivity index (χ0v) is 11.5. The van der Waals surface area contributed by atoms with Gasteiger partial charge in [-0.3, -0.25) is 4.68 Å². The second-order valence-electron chi connectivity index (χ2n) is 4.68. The normalized spacial score (nSPS) is 11.8. The van der Waals surface area contributed by atoms with Gasteiger partial charge in [0, 0.05) is 18.2 Å². The van der Waals surface area contributed by atoms with E-state index in [9.17, 15) is 0 Å². The Kier molecular flexibility index (Phi) is 4.33. The summed E-state index contributed by atoms with van der Waals surface area (Å²) in [5.74, 6) is 0. The molecule has 0 fully saturated rings. The Morgan fingerprint density at radius 2 is 2.25 bits per heavy atom. The van der Waals surface area contributed by atoms with Gasteiger partial charge in [0.1, 0.15) is 0 Å². The Balaban J connectivity index is 2.44. The van der Waals surface area contributed by atoms with E-state index in [2.05, 4.69) is 18.9 Å². The van der Waals surface area contributed by atoms with Crippen LogP contribution in [0.3, 0.4) is 0 Å². The van der Waals surface area contributed by atoms with Crippen LogP contribution in [0.15, 0.2) is 6.20 Å². The van der Waals surface area contributed by atoms with E-state index < -0.39 is 0 Å². The number of nitrogens with zero attached hydrogens (tertiary/aromatic N) is 2. The predicted molar refractivity (Wildman–Crippen MR) is 71.8 cm³/mol. The molecule has 1 aromatic heterocycles. The second-order valence-corrected chi connectivity index (χ2v) is 5.52. The van der Waals surface area contributed by atoms with Crippen molar-refractivity contribution < 1.29 is 0 Å². The molecule has 0 aliphatic rings. The van der Waals surface area contributed by atoms with Crippen molar-refractivity contribution in [3.05, 3.63) is 16.9 Å². The van der Waals surface area contributed by atoms with Gasteiger partial charge in [-0.15, -0.1) is 0 Å². The van der Waals surface area contributed by atoms with Crippen molar-refractivity contribution >= 4 is 28.8 Å². The number of hydrogen-bond donors (Lipinski definition) is 1. The largest absolute Gasteiger partial charge is 0.393 e. The van der Waals surface area contributed by atoms with E-state index >= 15 is 0 Å². The van der Waals surface area contributed by atoms with Crippen molar-refractivity contribution in [2.24, 2.45) is 11.1 Å². The third-order valence-electron chi connectivity index (χ3n) is 2.74. The summed E-state index contributed by atoms with van der Waals surface area (Å²) in [7, 11) is 0. The summed E-state index contributed by atoms with van der Waals surface area (Å²) in [6, 6.07) is 0. The van der Waals surface area contributed by atoms with Crippen molar-refractivity contribution in [3.8, 4) is 0 Å². The number of aromatic nitrogens is 2. The van der Waals surface area contributed by atoms with Gasteiger partial charge < -0.3 is 5.73 Å². The molecule has 5 heteroatoms. The van der Waals surface area contributed by atoms with Crippen LogP contribution >= 0.6 is 23.8 Å². The van der Waals surface area contributed by atoms with Gasteiger partial charge >= 0.3 is 0 Å². The van der Waals surface area contributed by atoms with E-state index in [0.29, 0.717) is 10.0 Å². The number of halogens is 1. The van der Waals surface area contributed by atoms with Gasteiger partial charge in [-0.25, -0.2) is 0 Å². The summed E-state index contributed by atoms with van der Waals surface area (Å²) in [4.78, 5) is 0.571. The Morgan fingerprint density at radius 1 is 1.62 bits per heavy atom. The first-order chi connectivity index (χ1) is 7.33. The van der Waals surface area contributed by atoms with Gasteiger partial charge in [-0.05, 0) is 19.8 Å². The average molecular weight is 260 g/mol. The molecule has 0 saturated heterocycles. The fourth-order valence-corrected chi connectivity index (χ4v) is 1.67. The van der Waals surface area contributed by atoms with Crippen LogP contribution < -0.4 is 5.73 Å². The SMILES string of the molecule is Cc1nn(CCCC(C)(C)C(N)=S)cc1Cl. The lowest BCUT2D eigenvalue weighted by molar-refractivity contribution is 0.425. The highest BCUT2D eigenvalue weighted by atomic mass is 35.5. The van der Waals surface area contributed by atoms with E-state index in [1.54, 1.807) is 0 Å². The average Bonchev–Trinajstić information content (AvgIpc) is 2.45. The van der Waals surface area contributed by atoms with Crippen LogP contribution in [-0.4, -0.2) is 14.8 Å². The van der Waals surface area contributed by atoms with E-state index in [0.717, 1.165) is 25.1 Å². The maximum atomic E-state index is 5.92. The maximum absolute atomic E-state index is 5.92. The monoisotopic (exact) mass is 259 g/mol. The fourth-order valence-electron chi connectivity index (χ4n) is 1.41. The summed E-state index contributed by atoms with van der Waals surface area (Å²) in [5.41, 5.74) is 6.45. The second kappa shape index (κ2) is 5.15. The van der Waals surface area contributed by atoms with Crippen molar-refractivity contribution in [1.29, 1.82) is 0 Å². The summed E-state index contributed by atoms with van der Waals surface area (Å²) in [6.07, 6.45) is 3.80. The van der Waals surface area contributed by atoms with Crippen LogP contribution in [0, 0.1) is 12.3 Å². The van der Waals surface area contributed by atoms with E-state index in [1.807, 2.05) is 17.8 Å². The Morgan fingerprint density at radius 3 is 2.69 bits per heavy atom. The first kappa shape index (κ1) is 13.5. The Bertz CT molecular complexity index is 365. The number of rotatable bonds is 5. The minimum atomic E-state index is -0.0820. The molecule has 0 aromatic carbocycles. The first-order valence-corrected chi connectivity index (χ1v) is 6.11. The van der Waals surface area contributed by atoms with Crippen LogP contribution in [0.2, 0.25) is 5.02 Å². The first-order valence-electron chi connectivity index (χ1n) is 5.32. The molecule has 0 aliphatic carbocycles. The molecule has 0 spiro atoms. The Hall–Kier alpha value is -0.610. The minimum Gasteiger partial charge on any atom is -0.393 e. The van der Waals surface area contributed by atoms with E-state index in [4.69, 9.17) is 29.6 Å². The zero-order chi connectivity index (χ0) is 12.3. The number of hydrogen-bond acceptors (Lipinski definition) is 2. The van der Waals surface area contributed by atoms with E-state index in [1.165, 1.54) is 0 Å². The standard InChI is InChI=1S/C11H18ClN3S/c1-8-9(12)7-15(14-8)6-4-5-11(2,3)10(13)16/h7H,4-6H2,1-3H3,(H2,13,16). The molecule has 0 saturated carbocycles. The fraction of sp³-hybridized carbons (Fsp3) is 0.636. The summed E-state index contributed by atoms with van der Waals surface area (Å²) < 4.78 is 1.87. The predicted octanol–water partition coefficient (Wildman–Crippen LogP) is 2.94. The van der Waals surface area contributed by atoms with E-state index in [-0.39, 0.29) is 5.41 Å². The van der Waals surface area contributed by atoms with Crippen LogP contribution in [0.4, 0.5) is 0 Å². The lowest BCUT2D eigenvalue weighted by atomic mass is 9.88. The molecule has 0 aliphatic heterocycles. The quantitative estimate of drug-likeness (QED) is 0.827. The van der Waals surface area contributed by atoms with Gasteiger partial charge in [0.2, 0.25) is 0 Å². The highest BCUT2D eigenvalue weighted by Crippen LogP contribution is 2.23. The van der Waals surface area contributed by atoms with Gasteiger partial charge in [-0.1, -0.05) is 37.7 Å². The van der Waals surface area contributed by atoms with Crippen molar-refractivity contribution in [3.63, 3.8) is 0 Å². The van der Waals surface area contributed by atoms with Crippen molar-refractivity contribution in [1.82, 2.24) is 9.78 Å². The third-order valence-corrected chi connectivity index (χ3v) is 3.67. The zero-order valence-electron chi connectivity index (χ0n) is 9.96. The molecule has 16 heavy (non-hydrogen) atoms. The Labute approximate surface area is 107 Å². The van der Waals surface area contributed by atoms with Gasteiger partial charge in [0.15, 0.2) is 0 Å². The molecule has 2 N–H and O–H groups in total. The molecule has 3 nitrogen and oxygen atoms in total. The minimum absolute atomic E-state index is 0.0820. The maximum Gasteiger partial charge on any atom is 0.0814 e. The van der Waals surface area contributed by atoms with Gasteiger partial charge in [-0.2, -0.15) is 5.10 Å². The summed E-state index contributed by atoms with van der Waals surface area (Å²) >= 11 is 10.9. The summed E-state index contributed by atoms with van der Waals surface area (Å²) in [6.45, 7) is 6.88. The van der Waals surface area contributed by atoms with Crippen LogP contribution in [0.5, 0.6) is 0 Å². The van der Waals surface area contributed by atoms with Gasteiger partial charge in [0.05, 0.1) is 15.7 Å². The number of thiocarbonyl (C=S) groups is 1. The highest BCUT2D eigenvalue weighted by molar-refractivity contribution is 7.80. The molecule has 0 radical (unpaired) electrons. The van der Waals surface area contributed by atoms with Crippen LogP contribution in [0.25, 0.3) is 0 Å². The molecule has 0 atom stereocenters. The van der Waals surface area contributed by atoms with Crippen molar-refractivity contribution in [2.75, 3.05) is 0 Å². The molecule has 1 heterocycles.